The first-order valence-corrected chi connectivity index (χ1v) is 10.9. The van der Waals surface area contributed by atoms with Gasteiger partial charge in [-0.15, -0.1) is 0 Å². The number of methoxy groups -OCH3 is 2. The van der Waals surface area contributed by atoms with Crippen LogP contribution in [0.2, 0.25) is 0 Å². The van der Waals surface area contributed by atoms with Gasteiger partial charge in [0.1, 0.15) is 5.72 Å². The maximum atomic E-state index is 13.5. The van der Waals surface area contributed by atoms with Crippen LogP contribution in [0.15, 0.2) is 23.8 Å². The minimum Gasteiger partial charge on any atom is -0.493 e. The van der Waals surface area contributed by atoms with Crippen molar-refractivity contribution in [3.8, 4) is 11.5 Å². The third kappa shape index (κ3) is 1.68. The number of aliphatic hydroxyl groups is 1. The van der Waals surface area contributed by atoms with Crippen molar-refractivity contribution in [1.29, 1.82) is 0 Å². The molecule has 7 heteroatoms. The van der Waals surface area contributed by atoms with Crippen LogP contribution in [0.25, 0.3) is 0 Å². The van der Waals surface area contributed by atoms with E-state index in [0.717, 1.165) is 30.8 Å². The second-order valence-electron chi connectivity index (χ2n) is 9.64. The van der Waals surface area contributed by atoms with E-state index in [9.17, 15) is 9.90 Å². The summed E-state index contributed by atoms with van der Waals surface area (Å²) in [5, 5.41) is 12.3. The average Bonchev–Trinajstić information content (AvgIpc) is 3.15. The highest BCUT2D eigenvalue weighted by Gasteiger charge is 2.77. The number of carbonyl (C=O) groups excluding carboxylic acids is 1. The number of hydrogen-bond acceptors (Lipinski definition) is 6. The highest BCUT2D eigenvalue weighted by atomic mass is 16.5. The Morgan fingerprint density at radius 3 is 2.83 bits per heavy atom. The Morgan fingerprint density at radius 1 is 1.23 bits per heavy atom. The molecule has 6 atom stereocenters. The first-order chi connectivity index (χ1) is 14.5. The van der Waals surface area contributed by atoms with E-state index in [1.54, 1.807) is 14.2 Å². The summed E-state index contributed by atoms with van der Waals surface area (Å²) in [4.78, 5) is 17.7. The summed E-state index contributed by atoms with van der Waals surface area (Å²) in [5.41, 5.74) is 1.78. The number of carbonyl (C=O) groups is 1. The smallest absolute Gasteiger partial charge is 0.229 e. The molecular weight excluding hydrogens is 384 g/mol. The van der Waals surface area contributed by atoms with Gasteiger partial charge in [-0.3, -0.25) is 9.69 Å². The third-order valence-corrected chi connectivity index (χ3v) is 8.95. The minimum absolute atomic E-state index is 0.0806. The van der Waals surface area contributed by atoms with Crippen molar-refractivity contribution in [3.63, 3.8) is 0 Å². The first-order valence-electron chi connectivity index (χ1n) is 10.9. The molecule has 0 radical (unpaired) electrons. The lowest BCUT2D eigenvalue weighted by atomic mass is 9.52. The van der Waals surface area contributed by atoms with Crippen LogP contribution in [0, 0.1) is 11.8 Å². The van der Waals surface area contributed by atoms with E-state index in [4.69, 9.17) is 14.2 Å². The number of piperidine rings is 2. The van der Waals surface area contributed by atoms with Crippen LogP contribution in [-0.4, -0.2) is 67.7 Å². The molecule has 2 bridgehead atoms. The lowest BCUT2D eigenvalue weighted by Crippen LogP contribution is -2.74. The maximum absolute atomic E-state index is 13.5. The van der Waals surface area contributed by atoms with Gasteiger partial charge in [0.15, 0.2) is 11.5 Å². The van der Waals surface area contributed by atoms with Crippen LogP contribution in [-0.2, 0) is 14.9 Å². The van der Waals surface area contributed by atoms with Gasteiger partial charge in [-0.25, -0.2) is 0 Å². The number of anilines is 1. The van der Waals surface area contributed by atoms with Gasteiger partial charge < -0.3 is 24.2 Å². The van der Waals surface area contributed by atoms with E-state index in [1.165, 1.54) is 5.57 Å². The topological polar surface area (TPSA) is 71.5 Å². The van der Waals surface area contributed by atoms with Crippen LogP contribution in [0.5, 0.6) is 11.5 Å². The Kier molecular flexibility index (Phi) is 3.16. The fourth-order valence-corrected chi connectivity index (χ4v) is 7.89. The molecule has 4 fully saturated rings. The maximum Gasteiger partial charge on any atom is 0.229 e. The second kappa shape index (κ2) is 5.39. The first kappa shape index (κ1) is 17.6. The van der Waals surface area contributed by atoms with Crippen molar-refractivity contribution in [1.82, 2.24) is 4.90 Å². The van der Waals surface area contributed by atoms with Crippen molar-refractivity contribution < 1.29 is 24.1 Å². The van der Waals surface area contributed by atoms with Gasteiger partial charge in [0.25, 0.3) is 0 Å². The van der Waals surface area contributed by atoms with Crippen LogP contribution in [0.1, 0.15) is 24.8 Å². The molecule has 30 heavy (non-hydrogen) atoms. The molecule has 1 N–H and O–H groups in total. The standard InChI is InChI=1S/C23H26N2O5/c1-28-16-7-14-15(8-17(16)29-2)25-19(26)9-18-20-13-10-23(27)22(14,21(20)25)4-5-24(23)11-12(13)3-6-30-18/h3,7-8,13,18,20-21,27H,4-6,9-11H2,1-2H3/t13-,18-,20?,21+,22+,23-/m1/s1. The molecule has 3 saturated heterocycles. The quantitative estimate of drug-likeness (QED) is 0.744. The largest absolute Gasteiger partial charge is 0.493 e. The molecule has 1 amide bonds. The van der Waals surface area contributed by atoms with Gasteiger partial charge in [0.2, 0.25) is 5.91 Å². The molecule has 7 nitrogen and oxygen atoms in total. The Labute approximate surface area is 175 Å². The van der Waals surface area contributed by atoms with Crippen molar-refractivity contribution in [3.05, 3.63) is 29.3 Å². The predicted octanol–water partition coefficient (Wildman–Crippen LogP) is 1.43. The molecule has 1 aromatic rings. The Morgan fingerprint density at radius 2 is 2.03 bits per heavy atom. The fraction of sp³-hybridized carbons (Fsp3) is 0.609. The predicted molar refractivity (Wildman–Crippen MR) is 108 cm³/mol. The number of ether oxygens (including phenoxy) is 3. The molecule has 1 aliphatic carbocycles. The molecular formula is C23H26N2O5. The summed E-state index contributed by atoms with van der Waals surface area (Å²) >= 11 is 0. The van der Waals surface area contributed by atoms with Crippen LogP contribution < -0.4 is 14.4 Å². The summed E-state index contributed by atoms with van der Waals surface area (Å²) in [5.74, 6) is 1.79. The Balaban J connectivity index is 1.55. The summed E-state index contributed by atoms with van der Waals surface area (Å²) in [6, 6.07) is 3.84. The average molecular weight is 410 g/mol. The molecule has 5 heterocycles. The molecule has 1 aromatic carbocycles. The lowest BCUT2D eigenvalue weighted by Gasteiger charge is -2.62. The number of fused-ring (bicyclic) bond motifs is 2. The minimum atomic E-state index is -0.966. The van der Waals surface area contributed by atoms with Gasteiger partial charge in [-0.2, -0.15) is 0 Å². The van der Waals surface area contributed by atoms with Gasteiger partial charge in [0, 0.05) is 25.1 Å². The molecule has 1 saturated carbocycles. The number of benzene rings is 1. The zero-order valence-electron chi connectivity index (χ0n) is 17.3. The van der Waals surface area contributed by atoms with Gasteiger partial charge in [-0.1, -0.05) is 11.6 Å². The zero-order valence-corrected chi connectivity index (χ0v) is 17.3. The zero-order chi connectivity index (χ0) is 20.4. The molecule has 1 spiro atoms. The molecule has 7 rings (SSSR count). The van der Waals surface area contributed by atoms with Crippen molar-refractivity contribution in [2.24, 2.45) is 11.8 Å². The number of amides is 1. The number of hydrogen-bond donors (Lipinski definition) is 1. The third-order valence-electron chi connectivity index (χ3n) is 8.95. The van der Waals surface area contributed by atoms with E-state index in [1.807, 2.05) is 17.0 Å². The van der Waals surface area contributed by atoms with Crippen LogP contribution >= 0.6 is 0 Å². The highest BCUT2D eigenvalue weighted by Crippen LogP contribution is 2.69. The van der Waals surface area contributed by atoms with E-state index in [-0.39, 0.29) is 29.9 Å². The summed E-state index contributed by atoms with van der Waals surface area (Å²) in [7, 11) is 3.25. The van der Waals surface area contributed by atoms with Crippen molar-refractivity contribution in [2.75, 3.05) is 38.8 Å². The van der Waals surface area contributed by atoms with Crippen LogP contribution in [0.4, 0.5) is 5.69 Å². The number of nitrogens with zero attached hydrogens (tertiary/aromatic N) is 2. The van der Waals surface area contributed by atoms with Crippen molar-refractivity contribution >= 4 is 11.6 Å². The van der Waals surface area contributed by atoms with E-state index in [2.05, 4.69) is 11.0 Å². The lowest BCUT2D eigenvalue weighted by molar-refractivity contribution is -0.197. The summed E-state index contributed by atoms with van der Waals surface area (Å²) in [6.07, 6.45) is 4.03. The molecule has 6 aliphatic rings. The van der Waals surface area contributed by atoms with Crippen LogP contribution in [0.3, 0.4) is 0 Å². The summed E-state index contributed by atoms with van der Waals surface area (Å²) < 4.78 is 17.4. The Bertz CT molecular complexity index is 1020. The summed E-state index contributed by atoms with van der Waals surface area (Å²) in [6.45, 7) is 2.17. The monoisotopic (exact) mass is 410 g/mol. The molecule has 0 aromatic heterocycles. The molecule has 1 unspecified atom stereocenters. The van der Waals surface area contributed by atoms with E-state index >= 15 is 0 Å². The van der Waals surface area contributed by atoms with E-state index in [0.29, 0.717) is 30.9 Å². The van der Waals surface area contributed by atoms with Gasteiger partial charge >= 0.3 is 0 Å². The van der Waals surface area contributed by atoms with E-state index < -0.39 is 11.1 Å². The normalized spacial score (nSPS) is 42.6. The molecule has 158 valence electrons. The van der Waals surface area contributed by atoms with Gasteiger partial charge in [0.05, 0.1) is 50.5 Å². The van der Waals surface area contributed by atoms with Gasteiger partial charge in [-0.05, 0) is 30.4 Å². The fourth-order valence-electron chi connectivity index (χ4n) is 7.89. The SMILES string of the molecule is COc1cc2c(cc1OC)[C@@]13CCN4CC5=CCO[C@@H]6CC(=O)N2[C@H]1C6[C@@H]5C[C@]43O. The number of rotatable bonds is 2. The second-order valence-corrected chi connectivity index (χ2v) is 9.64. The Hall–Kier alpha value is -2.09. The highest BCUT2D eigenvalue weighted by molar-refractivity contribution is 6.00. The van der Waals surface area contributed by atoms with Crippen molar-refractivity contribution in [2.45, 2.75) is 42.5 Å². The molecule has 5 aliphatic heterocycles.